The smallest absolute Gasteiger partial charge is 0.308 e. The maximum Gasteiger partial charge on any atom is 0.308 e. The molecule has 0 aliphatic heterocycles. The van der Waals surface area contributed by atoms with E-state index in [0.29, 0.717) is 11.8 Å². The van der Waals surface area contributed by atoms with Crippen molar-refractivity contribution in [3.8, 4) is 0 Å². The highest BCUT2D eigenvalue weighted by Crippen LogP contribution is 2.47. The maximum absolute atomic E-state index is 10.7. The molecular weight excluding hydrogens is 142 g/mol. The Morgan fingerprint density at radius 1 is 1.36 bits per heavy atom. The van der Waals surface area contributed by atoms with Gasteiger partial charge in [-0.2, -0.15) is 0 Å². The summed E-state index contributed by atoms with van der Waals surface area (Å²) in [4.78, 5) is 10.7. The summed E-state index contributed by atoms with van der Waals surface area (Å²) < 4.78 is 0. The second kappa shape index (κ2) is 2.21. The van der Waals surface area contributed by atoms with E-state index in [2.05, 4.69) is 0 Å². The van der Waals surface area contributed by atoms with Crippen LogP contribution in [-0.2, 0) is 4.79 Å². The molecule has 0 spiro atoms. The molecule has 2 unspecified atom stereocenters. The highest BCUT2D eigenvalue weighted by Gasteiger charge is 2.49. The summed E-state index contributed by atoms with van der Waals surface area (Å²) in [5.74, 6) is -0.0490. The minimum Gasteiger partial charge on any atom is -0.481 e. The predicted molar refractivity (Wildman–Crippen MR) is 39.9 cm³/mol. The van der Waals surface area contributed by atoms with Gasteiger partial charge in [-0.1, -0.05) is 0 Å². The van der Waals surface area contributed by atoms with Crippen molar-refractivity contribution in [1.82, 2.24) is 0 Å². The molecule has 2 fully saturated rings. The van der Waals surface area contributed by atoms with E-state index in [0.717, 1.165) is 19.3 Å². The molecule has 3 nitrogen and oxygen atoms in total. The maximum atomic E-state index is 10.7. The third-order valence-electron chi connectivity index (χ3n) is 3.27. The summed E-state index contributed by atoms with van der Waals surface area (Å²) in [6.45, 7) is 0. The van der Waals surface area contributed by atoms with Crippen molar-refractivity contribution in [3.63, 3.8) is 0 Å². The summed E-state index contributed by atoms with van der Waals surface area (Å²) in [5, 5.41) is 8.83. The van der Waals surface area contributed by atoms with Crippen LogP contribution in [0.15, 0.2) is 0 Å². The number of aliphatic carboxylic acids is 1. The zero-order valence-electron chi connectivity index (χ0n) is 6.36. The third kappa shape index (κ3) is 0.872. The van der Waals surface area contributed by atoms with Crippen molar-refractivity contribution >= 4 is 5.97 Å². The number of carboxylic acids is 1. The Balaban J connectivity index is 2.17. The van der Waals surface area contributed by atoms with Crippen molar-refractivity contribution in [1.29, 1.82) is 0 Å². The molecule has 0 aromatic rings. The van der Waals surface area contributed by atoms with Gasteiger partial charge in [-0.15, -0.1) is 0 Å². The molecule has 3 heteroatoms. The zero-order chi connectivity index (χ0) is 8.01. The molecule has 4 atom stereocenters. The summed E-state index contributed by atoms with van der Waals surface area (Å²) >= 11 is 0. The standard InChI is InChI=1S/C8H13NO2/c9-7-5-2-1-4(3-5)6(7)8(10)11/h4-7H,1-3,9H2,(H,10,11)/t4-,5+,6?,7?/m1/s1. The van der Waals surface area contributed by atoms with E-state index in [1.807, 2.05) is 0 Å². The molecule has 0 heterocycles. The first-order chi connectivity index (χ1) is 5.20. The molecule has 2 saturated carbocycles. The lowest BCUT2D eigenvalue weighted by Gasteiger charge is -2.23. The van der Waals surface area contributed by atoms with Crippen molar-refractivity contribution in [3.05, 3.63) is 0 Å². The Bertz CT molecular complexity index is 191. The zero-order valence-corrected chi connectivity index (χ0v) is 6.36. The lowest BCUT2D eigenvalue weighted by molar-refractivity contribution is -0.144. The number of fused-ring (bicyclic) bond motifs is 2. The molecule has 3 N–H and O–H groups in total. The fourth-order valence-electron chi connectivity index (χ4n) is 2.70. The van der Waals surface area contributed by atoms with E-state index < -0.39 is 5.97 Å². The van der Waals surface area contributed by atoms with Crippen LogP contribution in [0.2, 0.25) is 0 Å². The molecule has 2 rings (SSSR count). The Morgan fingerprint density at radius 2 is 2.00 bits per heavy atom. The van der Waals surface area contributed by atoms with Crippen LogP contribution in [0.25, 0.3) is 0 Å². The number of hydrogen-bond acceptors (Lipinski definition) is 2. The van der Waals surface area contributed by atoms with Gasteiger partial charge in [0, 0.05) is 6.04 Å². The number of nitrogens with two attached hydrogens (primary N) is 1. The van der Waals surface area contributed by atoms with Crippen LogP contribution < -0.4 is 5.73 Å². The van der Waals surface area contributed by atoms with E-state index in [1.165, 1.54) is 0 Å². The van der Waals surface area contributed by atoms with Crippen LogP contribution in [0.4, 0.5) is 0 Å². The van der Waals surface area contributed by atoms with Gasteiger partial charge in [-0.25, -0.2) is 0 Å². The number of rotatable bonds is 1. The summed E-state index contributed by atoms with van der Waals surface area (Å²) in [7, 11) is 0. The molecule has 11 heavy (non-hydrogen) atoms. The van der Waals surface area contributed by atoms with Crippen LogP contribution >= 0.6 is 0 Å². The summed E-state index contributed by atoms with van der Waals surface area (Å²) in [5.41, 5.74) is 5.78. The molecule has 0 aromatic carbocycles. The average molecular weight is 155 g/mol. The monoisotopic (exact) mass is 155 g/mol. The third-order valence-corrected chi connectivity index (χ3v) is 3.27. The van der Waals surface area contributed by atoms with Crippen molar-refractivity contribution in [2.24, 2.45) is 23.5 Å². The quantitative estimate of drug-likeness (QED) is 0.577. The Hall–Kier alpha value is -0.570. The van der Waals surface area contributed by atoms with Crippen molar-refractivity contribution in [2.75, 3.05) is 0 Å². The van der Waals surface area contributed by atoms with Gasteiger partial charge < -0.3 is 10.8 Å². The van der Waals surface area contributed by atoms with Gasteiger partial charge in [-0.3, -0.25) is 4.79 Å². The highest BCUT2D eigenvalue weighted by atomic mass is 16.4. The number of carboxylic acid groups (broad SMARTS) is 1. The van der Waals surface area contributed by atoms with Crippen LogP contribution in [0, 0.1) is 17.8 Å². The minimum absolute atomic E-state index is 0.0637. The molecular formula is C8H13NO2. The van der Waals surface area contributed by atoms with Gasteiger partial charge in [-0.05, 0) is 31.1 Å². The molecule has 0 radical (unpaired) electrons. The normalized spacial score (nSPS) is 48.1. The Morgan fingerprint density at radius 3 is 2.36 bits per heavy atom. The van der Waals surface area contributed by atoms with Gasteiger partial charge in [0.1, 0.15) is 0 Å². The Kier molecular flexibility index (Phi) is 1.42. The van der Waals surface area contributed by atoms with Gasteiger partial charge in [0.25, 0.3) is 0 Å². The fourth-order valence-corrected chi connectivity index (χ4v) is 2.70. The summed E-state index contributed by atoms with van der Waals surface area (Å²) in [6, 6.07) is -0.0637. The fraction of sp³-hybridized carbons (Fsp3) is 0.875. The first-order valence-corrected chi connectivity index (χ1v) is 4.18. The van der Waals surface area contributed by atoms with Gasteiger partial charge in [0.15, 0.2) is 0 Å². The molecule has 2 aliphatic carbocycles. The second-order valence-corrected chi connectivity index (χ2v) is 3.77. The van der Waals surface area contributed by atoms with Gasteiger partial charge in [0.2, 0.25) is 0 Å². The van der Waals surface area contributed by atoms with Crippen LogP contribution in [0.3, 0.4) is 0 Å². The second-order valence-electron chi connectivity index (χ2n) is 3.77. The minimum atomic E-state index is -0.690. The first kappa shape index (κ1) is 7.10. The molecule has 0 aromatic heterocycles. The van der Waals surface area contributed by atoms with Gasteiger partial charge in [0.05, 0.1) is 5.92 Å². The van der Waals surface area contributed by atoms with Crippen molar-refractivity contribution < 1.29 is 9.90 Å². The van der Waals surface area contributed by atoms with Gasteiger partial charge >= 0.3 is 5.97 Å². The van der Waals surface area contributed by atoms with E-state index in [4.69, 9.17) is 10.8 Å². The van der Waals surface area contributed by atoms with Crippen molar-refractivity contribution in [2.45, 2.75) is 25.3 Å². The van der Waals surface area contributed by atoms with E-state index in [1.54, 1.807) is 0 Å². The molecule has 0 amide bonds. The van der Waals surface area contributed by atoms with Crippen LogP contribution in [-0.4, -0.2) is 17.1 Å². The van der Waals surface area contributed by atoms with E-state index in [9.17, 15) is 4.79 Å². The van der Waals surface area contributed by atoms with E-state index >= 15 is 0 Å². The number of carbonyl (C=O) groups is 1. The topological polar surface area (TPSA) is 63.3 Å². The molecule has 2 aliphatic rings. The lowest BCUT2D eigenvalue weighted by Crippen LogP contribution is -2.40. The lowest BCUT2D eigenvalue weighted by atomic mass is 9.85. The van der Waals surface area contributed by atoms with E-state index in [-0.39, 0.29) is 12.0 Å². The first-order valence-electron chi connectivity index (χ1n) is 4.18. The summed E-state index contributed by atoms with van der Waals surface area (Å²) in [6.07, 6.45) is 3.28. The number of hydrogen-bond donors (Lipinski definition) is 2. The highest BCUT2D eigenvalue weighted by molar-refractivity contribution is 5.72. The molecule has 2 bridgehead atoms. The largest absolute Gasteiger partial charge is 0.481 e. The molecule has 0 saturated heterocycles. The van der Waals surface area contributed by atoms with Crippen LogP contribution in [0.5, 0.6) is 0 Å². The average Bonchev–Trinajstić information content (AvgIpc) is 2.44. The van der Waals surface area contributed by atoms with Crippen LogP contribution in [0.1, 0.15) is 19.3 Å². The predicted octanol–water partition coefficient (Wildman–Crippen LogP) is 0.444. The SMILES string of the molecule is NC1C(C(=O)O)[C@@H]2CC[C@H]1C2. The molecule has 62 valence electrons. The Labute approximate surface area is 65.6 Å².